The molecular formula is C18H28FN3O2. The molecule has 0 aliphatic carbocycles. The van der Waals surface area contributed by atoms with Gasteiger partial charge in [-0.05, 0) is 45.1 Å². The van der Waals surface area contributed by atoms with Gasteiger partial charge in [0, 0.05) is 43.9 Å². The van der Waals surface area contributed by atoms with Crippen LogP contribution in [0.2, 0.25) is 0 Å². The Hall–Kier alpha value is -1.53. The molecule has 1 amide bonds. The number of nitrogens with zero attached hydrogens (tertiary/aromatic N) is 2. The Morgan fingerprint density at radius 3 is 2.96 bits per heavy atom. The Kier molecular flexibility index (Phi) is 6.29. The fourth-order valence-corrected chi connectivity index (χ4v) is 3.41. The number of hydrogen-bond donors (Lipinski definition) is 2. The Balaban J connectivity index is 1.85. The molecule has 0 aromatic carbocycles. The van der Waals surface area contributed by atoms with Crippen LogP contribution in [-0.2, 0) is 4.79 Å². The van der Waals surface area contributed by atoms with Gasteiger partial charge in [0.25, 0.3) is 0 Å². The summed E-state index contributed by atoms with van der Waals surface area (Å²) in [6.07, 6.45) is 4.88. The number of aromatic nitrogens is 1. The highest BCUT2D eigenvalue weighted by Crippen LogP contribution is 2.26. The summed E-state index contributed by atoms with van der Waals surface area (Å²) in [4.78, 5) is 17.2. The van der Waals surface area contributed by atoms with Crippen molar-refractivity contribution < 1.29 is 14.3 Å². The molecule has 1 aliphatic heterocycles. The van der Waals surface area contributed by atoms with Gasteiger partial charge >= 0.3 is 0 Å². The van der Waals surface area contributed by atoms with Crippen molar-refractivity contribution in [3.63, 3.8) is 0 Å². The fraction of sp³-hybridized carbons (Fsp3) is 0.667. The molecule has 5 nitrogen and oxygen atoms in total. The molecule has 1 fully saturated rings. The number of hydrogen-bond acceptors (Lipinski definition) is 4. The van der Waals surface area contributed by atoms with Crippen molar-refractivity contribution in [1.29, 1.82) is 0 Å². The molecule has 1 aliphatic rings. The average molecular weight is 337 g/mol. The lowest BCUT2D eigenvalue weighted by Gasteiger charge is -2.37. The second-order valence-corrected chi connectivity index (χ2v) is 7.39. The van der Waals surface area contributed by atoms with E-state index >= 15 is 0 Å². The molecule has 6 heteroatoms. The molecule has 0 radical (unpaired) electrons. The van der Waals surface area contributed by atoms with E-state index in [4.69, 9.17) is 0 Å². The second kappa shape index (κ2) is 8.03. The maximum Gasteiger partial charge on any atom is 0.219 e. The summed E-state index contributed by atoms with van der Waals surface area (Å²) in [5.74, 6) is 0.148. The molecule has 0 spiro atoms. The van der Waals surface area contributed by atoms with Crippen molar-refractivity contribution in [2.45, 2.75) is 51.7 Å². The van der Waals surface area contributed by atoms with Gasteiger partial charge in [-0.1, -0.05) is 0 Å². The van der Waals surface area contributed by atoms with E-state index in [0.717, 1.165) is 38.5 Å². The zero-order valence-electron chi connectivity index (χ0n) is 14.8. The van der Waals surface area contributed by atoms with Crippen LogP contribution in [0.4, 0.5) is 4.39 Å². The van der Waals surface area contributed by atoms with Crippen molar-refractivity contribution in [3.05, 3.63) is 29.8 Å². The average Bonchev–Trinajstić information content (AvgIpc) is 2.52. The van der Waals surface area contributed by atoms with E-state index in [2.05, 4.69) is 24.1 Å². The number of aliphatic hydroxyl groups excluding tert-OH is 1. The van der Waals surface area contributed by atoms with Crippen molar-refractivity contribution >= 4 is 5.91 Å². The first-order valence-electron chi connectivity index (χ1n) is 8.56. The van der Waals surface area contributed by atoms with Crippen LogP contribution in [0, 0.1) is 11.7 Å². The maximum atomic E-state index is 13.2. The van der Waals surface area contributed by atoms with Gasteiger partial charge in [-0.3, -0.25) is 9.78 Å². The van der Waals surface area contributed by atoms with Crippen LogP contribution in [0.15, 0.2) is 18.5 Å². The minimum Gasteiger partial charge on any atom is -0.387 e. The van der Waals surface area contributed by atoms with Crippen LogP contribution in [0.5, 0.6) is 0 Å². The van der Waals surface area contributed by atoms with Gasteiger partial charge in [-0.25, -0.2) is 4.39 Å². The van der Waals surface area contributed by atoms with Crippen LogP contribution in [0.3, 0.4) is 0 Å². The standard InChI is InChI=1S/C18H28FN3O2/c1-13(23)22-6-4-5-14(12-22)8-18(2,3)21-11-17(24)15-7-16(19)10-20-9-15/h7,9-10,14,17,21,24H,4-6,8,11-12H2,1-3H3/t14-,17+/m1/s1. The summed E-state index contributed by atoms with van der Waals surface area (Å²) in [7, 11) is 0. The van der Waals surface area contributed by atoms with Gasteiger partial charge in [0.2, 0.25) is 5.91 Å². The third-order valence-electron chi connectivity index (χ3n) is 4.65. The molecule has 0 bridgehead atoms. The molecule has 2 atom stereocenters. The van der Waals surface area contributed by atoms with Gasteiger partial charge < -0.3 is 15.3 Å². The number of piperidine rings is 1. The number of carbonyl (C=O) groups excluding carboxylic acids is 1. The summed E-state index contributed by atoms with van der Waals surface area (Å²) >= 11 is 0. The van der Waals surface area contributed by atoms with E-state index < -0.39 is 11.9 Å². The van der Waals surface area contributed by atoms with Gasteiger partial charge in [-0.2, -0.15) is 0 Å². The molecule has 1 aromatic heterocycles. The predicted molar refractivity (Wildman–Crippen MR) is 90.8 cm³/mol. The summed E-state index contributed by atoms with van der Waals surface area (Å²) in [5, 5.41) is 13.6. The third kappa shape index (κ3) is 5.53. The van der Waals surface area contributed by atoms with Crippen LogP contribution in [0.1, 0.15) is 51.7 Å². The van der Waals surface area contributed by atoms with E-state index in [1.807, 2.05) is 4.90 Å². The molecule has 134 valence electrons. The van der Waals surface area contributed by atoms with Gasteiger partial charge in [0.15, 0.2) is 0 Å². The smallest absolute Gasteiger partial charge is 0.219 e. The minimum atomic E-state index is -0.799. The molecule has 0 saturated carbocycles. The zero-order valence-corrected chi connectivity index (χ0v) is 14.8. The Morgan fingerprint density at radius 2 is 2.29 bits per heavy atom. The van der Waals surface area contributed by atoms with Crippen molar-refractivity contribution in [1.82, 2.24) is 15.2 Å². The summed E-state index contributed by atoms with van der Waals surface area (Å²) in [5.41, 5.74) is 0.297. The zero-order chi connectivity index (χ0) is 17.7. The SMILES string of the molecule is CC(=O)N1CCC[C@H](CC(C)(C)NC[C@H](O)c2cncc(F)c2)C1. The number of rotatable bonds is 6. The molecule has 2 N–H and O–H groups in total. The highest BCUT2D eigenvalue weighted by molar-refractivity contribution is 5.73. The first-order valence-corrected chi connectivity index (χ1v) is 8.56. The fourth-order valence-electron chi connectivity index (χ4n) is 3.41. The maximum absolute atomic E-state index is 13.2. The highest BCUT2D eigenvalue weighted by Gasteiger charge is 2.28. The quantitative estimate of drug-likeness (QED) is 0.836. The summed E-state index contributed by atoms with van der Waals surface area (Å²) < 4.78 is 13.2. The Morgan fingerprint density at radius 1 is 1.54 bits per heavy atom. The molecule has 0 unspecified atom stereocenters. The van der Waals surface area contributed by atoms with Crippen molar-refractivity contribution in [2.24, 2.45) is 5.92 Å². The molecular weight excluding hydrogens is 309 g/mol. The molecule has 1 saturated heterocycles. The summed E-state index contributed by atoms with van der Waals surface area (Å²) in [6, 6.07) is 1.30. The lowest BCUT2D eigenvalue weighted by Crippen LogP contribution is -2.46. The molecule has 2 rings (SSSR count). The lowest BCUT2D eigenvalue weighted by molar-refractivity contribution is -0.130. The van der Waals surface area contributed by atoms with Crippen LogP contribution < -0.4 is 5.32 Å². The predicted octanol–water partition coefficient (Wildman–Crippen LogP) is 2.27. The van der Waals surface area contributed by atoms with Crippen molar-refractivity contribution in [2.75, 3.05) is 19.6 Å². The molecule has 1 aromatic rings. The number of pyridine rings is 1. The number of amides is 1. The Labute approximate surface area is 143 Å². The van der Waals surface area contributed by atoms with E-state index in [1.54, 1.807) is 6.92 Å². The number of β-amino-alcohol motifs (C(OH)–C–C–N with tert-alkyl or cyclic N) is 1. The number of nitrogens with one attached hydrogen (secondary N) is 1. The highest BCUT2D eigenvalue weighted by atomic mass is 19.1. The van der Waals surface area contributed by atoms with Gasteiger partial charge in [0.05, 0.1) is 12.3 Å². The van der Waals surface area contributed by atoms with E-state index in [1.165, 1.54) is 12.3 Å². The number of likely N-dealkylation sites (tertiary alicyclic amines) is 1. The van der Waals surface area contributed by atoms with Gasteiger partial charge in [0.1, 0.15) is 5.82 Å². The summed E-state index contributed by atoms with van der Waals surface area (Å²) in [6.45, 7) is 7.80. The van der Waals surface area contributed by atoms with Gasteiger partial charge in [-0.15, -0.1) is 0 Å². The Bertz CT molecular complexity index is 565. The first-order chi connectivity index (χ1) is 11.3. The largest absolute Gasteiger partial charge is 0.387 e. The minimum absolute atomic E-state index is 0.138. The topological polar surface area (TPSA) is 65.5 Å². The first kappa shape index (κ1) is 18.8. The van der Waals surface area contributed by atoms with Crippen molar-refractivity contribution in [3.8, 4) is 0 Å². The third-order valence-corrected chi connectivity index (χ3v) is 4.65. The van der Waals surface area contributed by atoms with E-state index in [-0.39, 0.29) is 11.4 Å². The second-order valence-electron chi connectivity index (χ2n) is 7.39. The van der Waals surface area contributed by atoms with Crippen LogP contribution in [0.25, 0.3) is 0 Å². The normalized spacial score (nSPS) is 20.0. The number of aliphatic hydroxyl groups is 1. The lowest BCUT2D eigenvalue weighted by atomic mass is 9.85. The van der Waals surface area contributed by atoms with Crippen LogP contribution >= 0.6 is 0 Å². The van der Waals surface area contributed by atoms with Crippen LogP contribution in [-0.4, -0.2) is 46.1 Å². The number of halogens is 1. The van der Waals surface area contributed by atoms with E-state index in [0.29, 0.717) is 18.0 Å². The molecule has 24 heavy (non-hydrogen) atoms. The molecule has 2 heterocycles. The monoisotopic (exact) mass is 337 g/mol. The van der Waals surface area contributed by atoms with E-state index in [9.17, 15) is 14.3 Å². The number of carbonyl (C=O) groups is 1.